The molecule has 6 heterocycles. The number of fused-ring (bicyclic) bond motifs is 4. The lowest BCUT2D eigenvalue weighted by atomic mass is 9.90. The van der Waals surface area contributed by atoms with Crippen LogP contribution in [0.1, 0.15) is 36.8 Å². The van der Waals surface area contributed by atoms with Crippen LogP contribution < -0.4 is 21.3 Å². The van der Waals surface area contributed by atoms with Gasteiger partial charge in [0.25, 0.3) is 0 Å². The van der Waals surface area contributed by atoms with Gasteiger partial charge < -0.3 is 20.9 Å². The number of piperidine rings is 1. The normalized spacial score (nSPS) is 20.9. The molecule has 0 spiro atoms. The lowest BCUT2D eigenvalue weighted by Gasteiger charge is -2.47. The van der Waals surface area contributed by atoms with E-state index in [1.807, 2.05) is 18.2 Å². The summed E-state index contributed by atoms with van der Waals surface area (Å²) in [7, 11) is 3.81. The number of hydrogen-bond acceptors (Lipinski definition) is 8. The first-order valence-corrected chi connectivity index (χ1v) is 16.1. The van der Waals surface area contributed by atoms with E-state index in [-0.39, 0.29) is 29.7 Å². The fourth-order valence-corrected chi connectivity index (χ4v) is 7.03. The van der Waals surface area contributed by atoms with Gasteiger partial charge in [0.1, 0.15) is 0 Å². The molecule has 2 aromatic carbocycles. The van der Waals surface area contributed by atoms with Crippen molar-refractivity contribution in [3.63, 3.8) is 0 Å². The molecule has 0 aliphatic carbocycles. The second-order valence-corrected chi connectivity index (χ2v) is 12.9. The summed E-state index contributed by atoms with van der Waals surface area (Å²) in [6.45, 7) is 4.00. The maximum absolute atomic E-state index is 14.2. The zero-order valence-corrected chi connectivity index (χ0v) is 26.4. The minimum atomic E-state index is -4.55. The summed E-state index contributed by atoms with van der Waals surface area (Å²) in [5, 5.41) is 17.2. The van der Waals surface area contributed by atoms with Crippen LogP contribution in [0.25, 0.3) is 22.2 Å². The van der Waals surface area contributed by atoms with Gasteiger partial charge in [0, 0.05) is 67.2 Å². The Hall–Kier alpha value is -4.27. The van der Waals surface area contributed by atoms with Crippen LogP contribution in [-0.4, -0.2) is 86.9 Å². The van der Waals surface area contributed by atoms with E-state index < -0.39 is 17.8 Å². The van der Waals surface area contributed by atoms with Crippen LogP contribution in [-0.2, 0) is 19.8 Å². The number of benzene rings is 2. The van der Waals surface area contributed by atoms with Crippen molar-refractivity contribution in [3.05, 3.63) is 59.8 Å². The van der Waals surface area contributed by atoms with Crippen molar-refractivity contribution >= 4 is 34.4 Å². The first kappa shape index (κ1) is 31.3. The number of urea groups is 1. The highest BCUT2D eigenvalue weighted by Gasteiger charge is 2.42. The quantitative estimate of drug-likeness (QED) is 0.218. The van der Waals surface area contributed by atoms with Crippen LogP contribution >= 0.6 is 0 Å². The van der Waals surface area contributed by atoms with E-state index in [1.54, 1.807) is 24.0 Å². The first-order chi connectivity index (χ1) is 22.6. The molecule has 0 saturated carbocycles. The van der Waals surface area contributed by atoms with Crippen LogP contribution in [0, 0.1) is 0 Å². The predicted octanol–water partition coefficient (Wildman–Crippen LogP) is 5.14. The van der Waals surface area contributed by atoms with E-state index in [1.165, 1.54) is 12.1 Å². The van der Waals surface area contributed by atoms with Gasteiger partial charge in [0.15, 0.2) is 5.82 Å². The van der Waals surface area contributed by atoms with Crippen LogP contribution in [0.2, 0.25) is 0 Å². The second-order valence-electron chi connectivity index (χ2n) is 12.9. The van der Waals surface area contributed by atoms with Gasteiger partial charge in [-0.3, -0.25) is 14.9 Å². The zero-order chi connectivity index (χ0) is 32.7. The Morgan fingerprint density at radius 2 is 1.85 bits per heavy atom. The number of halogens is 3. The third kappa shape index (κ3) is 6.90. The fourth-order valence-electron chi connectivity index (χ4n) is 7.03. The maximum Gasteiger partial charge on any atom is 0.416 e. The Bertz CT molecular complexity index is 1770. The van der Waals surface area contributed by atoms with E-state index >= 15 is 0 Å². The molecule has 2 atom stereocenters. The van der Waals surface area contributed by atoms with Crippen molar-refractivity contribution in [3.8, 4) is 11.3 Å². The number of carbonyl (C=O) groups is 1. The van der Waals surface area contributed by atoms with E-state index in [9.17, 15) is 18.0 Å². The number of amides is 2. The molecular formula is C33H39F3N10O. The Labute approximate surface area is 270 Å². The number of aryl methyl sites for hydroxylation is 1. The molecule has 4 aromatic rings. The topological polar surface area (TPSA) is 115 Å². The number of likely N-dealkylation sites (N-methyl/N-ethyl adjacent to an activating group) is 1. The predicted molar refractivity (Wildman–Crippen MR) is 175 cm³/mol. The molecule has 2 amide bonds. The molecule has 47 heavy (non-hydrogen) atoms. The first-order valence-electron chi connectivity index (χ1n) is 16.1. The Morgan fingerprint density at radius 3 is 2.66 bits per heavy atom. The molecule has 4 N–H and O–H groups in total. The largest absolute Gasteiger partial charge is 0.416 e. The molecule has 4 saturated heterocycles. The number of anilines is 3. The van der Waals surface area contributed by atoms with Gasteiger partial charge in [-0.1, -0.05) is 12.1 Å². The summed E-state index contributed by atoms with van der Waals surface area (Å²) in [5.41, 5.74) is 1.93. The van der Waals surface area contributed by atoms with E-state index in [0.29, 0.717) is 18.0 Å². The summed E-state index contributed by atoms with van der Waals surface area (Å²) in [5.74, 6) is 0.866. The molecule has 248 valence electrons. The number of nitrogens with zero attached hydrogens (tertiary/aromatic N) is 6. The van der Waals surface area contributed by atoms with Crippen molar-refractivity contribution < 1.29 is 18.0 Å². The Kier molecular flexibility index (Phi) is 8.49. The molecule has 2 unspecified atom stereocenters. The van der Waals surface area contributed by atoms with Crippen molar-refractivity contribution in [1.82, 2.24) is 34.9 Å². The highest BCUT2D eigenvalue weighted by Crippen LogP contribution is 2.38. The van der Waals surface area contributed by atoms with Crippen molar-refractivity contribution in [2.75, 3.05) is 49.2 Å². The summed E-state index contributed by atoms with van der Waals surface area (Å²) in [4.78, 5) is 26.5. The number of nitrogens with one attached hydrogen (secondary N) is 4. The van der Waals surface area contributed by atoms with E-state index in [0.717, 1.165) is 80.1 Å². The molecule has 0 radical (unpaired) electrons. The summed E-state index contributed by atoms with van der Waals surface area (Å²) in [6.07, 6.45) is 1.25. The van der Waals surface area contributed by atoms with Crippen molar-refractivity contribution in [2.45, 2.75) is 56.5 Å². The highest BCUT2D eigenvalue weighted by molar-refractivity contribution is 5.99. The molecular weight excluding hydrogens is 609 g/mol. The lowest BCUT2D eigenvalue weighted by molar-refractivity contribution is -0.138. The zero-order valence-electron chi connectivity index (χ0n) is 26.4. The van der Waals surface area contributed by atoms with E-state index in [2.05, 4.69) is 53.2 Å². The smallest absolute Gasteiger partial charge is 0.351 e. The molecule has 2 bridgehead atoms. The molecule has 2 aromatic heterocycles. The fraction of sp³-hybridized carbons (Fsp3) is 0.455. The van der Waals surface area contributed by atoms with Gasteiger partial charge in [0.2, 0.25) is 5.95 Å². The number of hydrogen-bond donors (Lipinski definition) is 4. The lowest BCUT2D eigenvalue weighted by Crippen LogP contribution is -2.56. The molecule has 8 rings (SSSR count). The number of carbonyl (C=O) groups excluding carboxylic acids is 1. The third-order valence-corrected chi connectivity index (χ3v) is 9.54. The average Bonchev–Trinajstić information content (AvgIpc) is 3.18. The van der Waals surface area contributed by atoms with Crippen LogP contribution in [0.5, 0.6) is 0 Å². The van der Waals surface area contributed by atoms with Crippen LogP contribution in [0.15, 0.2) is 48.7 Å². The summed E-state index contributed by atoms with van der Waals surface area (Å²) >= 11 is 0. The van der Waals surface area contributed by atoms with Crippen molar-refractivity contribution in [2.24, 2.45) is 7.05 Å². The van der Waals surface area contributed by atoms with Gasteiger partial charge >= 0.3 is 12.2 Å². The minimum Gasteiger partial charge on any atom is -0.351 e. The molecule has 4 fully saturated rings. The van der Waals surface area contributed by atoms with Gasteiger partial charge in [0.05, 0.1) is 16.8 Å². The van der Waals surface area contributed by atoms with Crippen LogP contribution in [0.4, 0.5) is 35.4 Å². The number of rotatable bonds is 7. The summed E-state index contributed by atoms with van der Waals surface area (Å²) < 4.78 is 44.1. The average molecular weight is 649 g/mol. The summed E-state index contributed by atoms with van der Waals surface area (Å²) in [6, 6.07) is 11.8. The molecule has 14 heteroatoms. The minimum absolute atomic E-state index is 0.0547. The van der Waals surface area contributed by atoms with Gasteiger partial charge in [-0.05, 0) is 82.2 Å². The van der Waals surface area contributed by atoms with Crippen LogP contribution in [0.3, 0.4) is 0 Å². The number of aromatic nitrogens is 4. The monoisotopic (exact) mass is 648 g/mol. The highest BCUT2D eigenvalue weighted by atomic mass is 19.4. The number of alkyl halides is 3. The van der Waals surface area contributed by atoms with Gasteiger partial charge in [-0.25, -0.2) is 14.8 Å². The van der Waals surface area contributed by atoms with Gasteiger partial charge in [-0.15, -0.1) is 0 Å². The maximum atomic E-state index is 14.2. The molecule has 11 nitrogen and oxygen atoms in total. The van der Waals surface area contributed by atoms with Gasteiger partial charge in [-0.2, -0.15) is 18.3 Å². The molecule has 4 aliphatic rings. The van der Waals surface area contributed by atoms with E-state index in [4.69, 9.17) is 0 Å². The second kappa shape index (κ2) is 12.7. The SMILES string of the molecule is CN1CCC2CC(C1)N2Cc1ccc(NC(=O)Nc2cc(-c3ccc4nc(NC5CCNCC5)ncc4c3)n(C)n2)cc1C(F)(F)F. The molecule has 4 aliphatic heterocycles. The third-order valence-electron chi connectivity index (χ3n) is 9.54. The Morgan fingerprint density at radius 1 is 1.02 bits per heavy atom. The van der Waals surface area contributed by atoms with Crippen molar-refractivity contribution in [1.29, 1.82) is 0 Å². The Balaban J connectivity index is 1.02. The standard InChI is InChI=1S/C33H39F3N10O/c1-44-12-9-25-15-26(19-44)46(25)18-21-3-5-24(14-27(21)33(34,35)36)40-32(47)42-30-16-29(45(2)43-30)20-4-6-28-22(13-20)17-38-31(41-28)39-23-7-10-37-11-8-23/h3-6,13-14,16-17,23,25-26,37H,7-12,15,18-19H2,1-2H3,(H,38,39,41)(H2,40,42,43,47).